The lowest BCUT2D eigenvalue weighted by molar-refractivity contribution is -0.136. The Kier molecular flexibility index (Phi) is 6.01. The summed E-state index contributed by atoms with van der Waals surface area (Å²) in [5, 5.41) is 15.1. The van der Waals surface area contributed by atoms with Crippen LogP contribution in [0.25, 0.3) is 0 Å². The molecule has 1 fully saturated rings. The van der Waals surface area contributed by atoms with Gasteiger partial charge in [-0.1, -0.05) is 24.3 Å². The summed E-state index contributed by atoms with van der Waals surface area (Å²) in [6.07, 6.45) is 2.80. The van der Waals surface area contributed by atoms with E-state index in [-0.39, 0.29) is 17.9 Å². The normalized spacial score (nSPS) is 16.4. The molecule has 7 heteroatoms. The molecule has 1 unspecified atom stereocenters. The zero-order valence-corrected chi connectivity index (χ0v) is 15.1. The van der Waals surface area contributed by atoms with Crippen LogP contribution in [0.5, 0.6) is 0 Å². The molecule has 1 aromatic carbocycles. The molecule has 7 nitrogen and oxygen atoms in total. The predicted octanol–water partition coefficient (Wildman–Crippen LogP) is 1.42. The number of carbonyl (C=O) groups is 2. The molecule has 1 aliphatic rings. The zero-order valence-electron chi connectivity index (χ0n) is 15.1. The third-order valence-electron chi connectivity index (χ3n) is 4.87. The molecule has 1 atom stereocenters. The number of nitrogens with one attached hydrogen (secondary N) is 1. The van der Waals surface area contributed by atoms with Crippen molar-refractivity contribution in [3.8, 4) is 0 Å². The lowest BCUT2D eigenvalue weighted by Gasteiger charge is -2.16. The van der Waals surface area contributed by atoms with Gasteiger partial charge in [-0.25, -0.2) is 5.10 Å². The van der Waals surface area contributed by atoms with Gasteiger partial charge in [0.15, 0.2) is 0 Å². The quantitative estimate of drug-likeness (QED) is 0.768. The average Bonchev–Trinajstić information content (AvgIpc) is 3.11. The van der Waals surface area contributed by atoms with E-state index in [9.17, 15) is 14.4 Å². The number of carboxylic acid groups (broad SMARTS) is 1. The van der Waals surface area contributed by atoms with Crippen LogP contribution in [-0.2, 0) is 28.9 Å². The van der Waals surface area contributed by atoms with E-state index in [4.69, 9.17) is 5.11 Å². The van der Waals surface area contributed by atoms with Crippen molar-refractivity contribution in [3.63, 3.8) is 0 Å². The van der Waals surface area contributed by atoms with Crippen molar-refractivity contribution in [1.29, 1.82) is 0 Å². The maximum absolute atomic E-state index is 12.4. The largest absolute Gasteiger partial charge is 0.481 e. The fourth-order valence-corrected chi connectivity index (χ4v) is 3.43. The Morgan fingerprint density at radius 2 is 1.89 bits per heavy atom. The van der Waals surface area contributed by atoms with Gasteiger partial charge in [-0.05, 0) is 36.0 Å². The molecular formula is C20H23N3O4. The number of benzene rings is 1. The molecule has 2 N–H and O–H groups in total. The van der Waals surface area contributed by atoms with Crippen molar-refractivity contribution < 1.29 is 14.7 Å². The summed E-state index contributed by atoms with van der Waals surface area (Å²) in [5.41, 5.74) is 2.43. The van der Waals surface area contributed by atoms with Gasteiger partial charge >= 0.3 is 5.97 Å². The minimum Gasteiger partial charge on any atom is -0.481 e. The minimum absolute atomic E-state index is 0.0378. The van der Waals surface area contributed by atoms with Gasteiger partial charge in [-0.2, -0.15) is 5.10 Å². The number of aromatic nitrogens is 2. The summed E-state index contributed by atoms with van der Waals surface area (Å²) < 4.78 is 0. The summed E-state index contributed by atoms with van der Waals surface area (Å²) in [7, 11) is 0. The van der Waals surface area contributed by atoms with E-state index >= 15 is 0 Å². The van der Waals surface area contributed by atoms with Gasteiger partial charge in [0, 0.05) is 32.0 Å². The van der Waals surface area contributed by atoms with Crippen molar-refractivity contribution in [2.75, 3.05) is 13.1 Å². The second kappa shape index (κ2) is 8.62. The smallest absolute Gasteiger partial charge is 0.307 e. The fourth-order valence-electron chi connectivity index (χ4n) is 3.43. The van der Waals surface area contributed by atoms with Crippen LogP contribution >= 0.6 is 0 Å². The first-order valence-electron chi connectivity index (χ1n) is 9.11. The molecule has 142 valence electrons. The van der Waals surface area contributed by atoms with Crippen LogP contribution in [0, 0.1) is 5.92 Å². The standard InChI is InChI=1S/C20H23N3O4/c24-18-7-5-17(21-22-18)6-8-19(25)23-10-9-16(13-23)11-14-1-3-15(4-2-14)12-20(26)27/h1-5,7,16H,6,8-13H2,(H,22,24)(H,26,27). The van der Waals surface area contributed by atoms with E-state index in [1.807, 2.05) is 29.2 Å². The first kappa shape index (κ1) is 18.8. The highest BCUT2D eigenvalue weighted by Gasteiger charge is 2.26. The highest BCUT2D eigenvalue weighted by Crippen LogP contribution is 2.22. The number of carbonyl (C=O) groups excluding carboxylic acids is 1. The Hall–Kier alpha value is -2.96. The molecule has 2 aromatic rings. The van der Waals surface area contributed by atoms with Crippen molar-refractivity contribution in [3.05, 3.63) is 63.6 Å². The molecule has 3 rings (SSSR count). The second-order valence-electron chi connectivity index (χ2n) is 7.00. The van der Waals surface area contributed by atoms with E-state index in [0.717, 1.165) is 31.5 Å². The molecule has 0 saturated carbocycles. The number of nitrogens with zero attached hydrogens (tertiary/aromatic N) is 2. The van der Waals surface area contributed by atoms with E-state index in [1.54, 1.807) is 6.07 Å². The van der Waals surface area contributed by atoms with Gasteiger partial charge in [0.25, 0.3) is 5.56 Å². The number of carboxylic acids is 1. The molecule has 0 spiro atoms. The van der Waals surface area contributed by atoms with E-state index in [2.05, 4.69) is 10.2 Å². The van der Waals surface area contributed by atoms with Crippen molar-refractivity contribution in [1.82, 2.24) is 15.1 Å². The Balaban J connectivity index is 1.46. The van der Waals surface area contributed by atoms with Crippen LogP contribution in [0.15, 0.2) is 41.2 Å². The van der Waals surface area contributed by atoms with E-state index in [1.165, 1.54) is 11.6 Å². The highest BCUT2D eigenvalue weighted by molar-refractivity contribution is 5.76. The predicted molar refractivity (Wildman–Crippen MR) is 99.4 cm³/mol. The third kappa shape index (κ3) is 5.51. The van der Waals surface area contributed by atoms with Crippen LogP contribution in [0.1, 0.15) is 29.7 Å². The van der Waals surface area contributed by atoms with Gasteiger partial charge < -0.3 is 10.0 Å². The summed E-state index contributed by atoms with van der Waals surface area (Å²) >= 11 is 0. The summed E-state index contributed by atoms with van der Waals surface area (Å²) in [6, 6.07) is 10.7. The SMILES string of the molecule is O=C(O)Cc1ccc(CC2CCN(C(=O)CCc3ccc(=O)[nH]n3)C2)cc1. The number of amides is 1. The third-order valence-corrected chi connectivity index (χ3v) is 4.87. The minimum atomic E-state index is -0.829. The van der Waals surface area contributed by atoms with Crippen molar-refractivity contribution in [2.24, 2.45) is 5.92 Å². The van der Waals surface area contributed by atoms with Gasteiger partial charge in [0.1, 0.15) is 0 Å². The van der Waals surface area contributed by atoms with Gasteiger partial charge in [-0.15, -0.1) is 0 Å². The average molecular weight is 369 g/mol. The number of hydrogen-bond donors (Lipinski definition) is 2. The number of H-pyrrole nitrogens is 1. The molecule has 0 bridgehead atoms. The number of rotatable bonds is 7. The monoisotopic (exact) mass is 369 g/mol. The topological polar surface area (TPSA) is 103 Å². The number of aliphatic carboxylic acids is 1. The Morgan fingerprint density at radius 3 is 2.56 bits per heavy atom. The van der Waals surface area contributed by atoms with Crippen LogP contribution in [0.4, 0.5) is 0 Å². The highest BCUT2D eigenvalue weighted by atomic mass is 16.4. The number of hydrogen-bond acceptors (Lipinski definition) is 4. The maximum Gasteiger partial charge on any atom is 0.307 e. The number of likely N-dealkylation sites (tertiary alicyclic amines) is 1. The Labute approximate surface area is 157 Å². The van der Waals surface area contributed by atoms with Gasteiger partial charge in [0.2, 0.25) is 5.91 Å². The van der Waals surface area contributed by atoms with Crippen LogP contribution in [-0.4, -0.2) is 45.2 Å². The van der Waals surface area contributed by atoms with Crippen molar-refractivity contribution >= 4 is 11.9 Å². The van der Waals surface area contributed by atoms with Crippen LogP contribution in [0.2, 0.25) is 0 Å². The number of aryl methyl sites for hydroxylation is 1. The number of aromatic amines is 1. The first-order valence-corrected chi connectivity index (χ1v) is 9.11. The van der Waals surface area contributed by atoms with Crippen LogP contribution in [0.3, 0.4) is 0 Å². The van der Waals surface area contributed by atoms with Gasteiger partial charge in [-0.3, -0.25) is 14.4 Å². The van der Waals surface area contributed by atoms with E-state index in [0.29, 0.717) is 24.5 Å². The summed E-state index contributed by atoms with van der Waals surface area (Å²) in [5.74, 6) is -0.294. The van der Waals surface area contributed by atoms with Crippen molar-refractivity contribution in [2.45, 2.75) is 32.1 Å². The zero-order chi connectivity index (χ0) is 19.2. The van der Waals surface area contributed by atoms with E-state index < -0.39 is 5.97 Å². The fraction of sp³-hybridized carbons (Fsp3) is 0.400. The molecule has 1 amide bonds. The Morgan fingerprint density at radius 1 is 1.15 bits per heavy atom. The molecule has 0 radical (unpaired) electrons. The molecule has 0 aliphatic carbocycles. The molecule has 27 heavy (non-hydrogen) atoms. The molecule has 2 heterocycles. The summed E-state index contributed by atoms with van der Waals surface area (Å²) in [6.45, 7) is 1.51. The molecular weight excluding hydrogens is 346 g/mol. The molecule has 1 saturated heterocycles. The summed E-state index contributed by atoms with van der Waals surface area (Å²) in [4.78, 5) is 36.0. The second-order valence-corrected chi connectivity index (χ2v) is 7.00. The molecule has 1 aromatic heterocycles. The van der Waals surface area contributed by atoms with Crippen LogP contribution < -0.4 is 5.56 Å². The van der Waals surface area contributed by atoms with Gasteiger partial charge in [0.05, 0.1) is 12.1 Å². The lowest BCUT2D eigenvalue weighted by atomic mass is 9.97. The Bertz CT molecular complexity index is 840. The lowest BCUT2D eigenvalue weighted by Crippen LogP contribution is -2.29. The maximum atomic E-state index is 12.4. The molecule has 1 aliphatic heterocycles. The first-order chi connectivity index (χ1) is 13.0.